The van der Waals surface area contributed by atoms with E-state index in [1.807, 2.05) is 0 Å². The number of carbonyl (C=O) groups is 1. The normalized spacial score (nSPS) is 13.6. The fraction of sp³-hybridized carbons (Fsp3) is 0.400. The summed E-state index contributed by atoms with van der Waals surface area (Å²) in [5.41, 5.74) is 0.704. The Hall–Kier alpha value is -1.59. The van der Waals surface area contributed by atoms with Gasteiger partial charge < -0.3 is 4.74 Å². The first-order valence-corrected chi connectivity index (χ1v) is 7.74. The zero-order chi connectivity index (χ0) is 16.1. The van der Waals surface area contributed by atoms with Gasteiger partial charge in [0.25, 0.3) is 0 Å². The van der Waals surface area contributed by atoms with Crippen LogP contribution in [0.4, 0.5) is 0 Å². The fourth-order valence-corrected chi connectivity index (χ4v) is 2.88. The highest BCUT2D eigenvalue weighted by molar-refractivity contribution is 6.35. The molecule has 0 N–H and O–H groups in total. The van der Waals surface area contributed by atoms with E-state index in [0.29, 0.717) is 15.6 Å². The van der Waals surface area contributed by atoms with E-state index in [-0.39, 0.29) is 12.0 Å². The maximum Gasteiger partial charge on any atom is 0.303 e. The van der Waals surface area contributed by atoms with Crippen LogP contribution in [0, 0.1) is 0 Å². The molecule has 1 heterocycles. The number of halogens is 2. The Kier molecular flexibility index (Phi) is 5.80. The average molecular weight is 342 g/mol. The molecule has 2 rings (SSSR count). The smallest absolute Gasteiger partial charge is 0.303 e. The molecule has 2 atom stereocenters. The lowest BCUT2D eigenvalue weighted by Crippen LogP contribution is -2.23. The van der Waals surface area contributed by atoms with Gasteiger partial charge in [0.2, 0.25) is 0 Å². The summed E-state index contributed by atoms with van der Waals surface area (Å²) < 4.78 is 7.24. The molecule has 118 valence electrons. The number of rotatable bonds is 6. The van der Waals surface area contributed by atoms with Gasteiger partial charge in [-0.2, -0.15) is 5.10 Å². The van der Waals surface area contributed by atoms with Crippen molar-refractivity contribution in [3.05, 3.63) is 46.5 Å². The Morgan fingerprint density at radius 1 is 1.41 bits per heavy atom. The zero-order valence-electron chi connectivity index (χ0n) is 12.4. The van der Waals surface area contributed by atoms with Crippen molar-refractivity contribution >= 4 is 29.2 Å². The molecule has 0 bridgehead atoms. The number of carbonyl (C=O) groups excluding carboxylic acids is 1. The summed E-state index contributed by atoms with van der Waals surface area (Å²) in [7, 11) is 0. The third-order valence-corrected chi connectivity index (χ3v) is 3.83. The number of hydrogen-bond donors (Lipinski definition) is 0. The van der Waals surface area contributed by atoms with Gasteiger partial charge in [0.05, 0.1) is 6.04 Å². The summed E-state index contributed by atoms with van der Waals surface area (Å²) in [5.74, 6) is -0.378. The Labute approximate surface area is 139 Å². The van der Waals surface area contributed by atoms with Gasteiger partial charge in [-0.1, -0.05) is 42.6 Å². The van der Waals surface area contributed by atoms with Crippen LogP contribution in [0.5, 0.6) is 0 Å². The molecule has 0 amide bonds. The van der Waals surface area contributed by atoms with Crippen LogP contribution in [0.1, 0.15) is 44.4 Å². The van der Waals surface area contributed by atoms with Crippen molar-refractivity contribution in [1.82, 2.24) is 14.8 Å². The summed E-state index contributed by atoms with van der Waals surface area (Å²) in [5, 5.41) is 5.17. The molecule has 0 aliphatic rings. The molecule has 2 unspecified atom stereocenters. The Balaban J connectivity index is 2.45. The van der Waals surface area contributed by atoms with E-state index in [1.165, 1.54) is 13.3 Å². The van der Waals surface area contributed by atoms with Gasteiger partial charge in [0.15, 0.2) is 6.10 Å². The van der Waals surface area contributed by atoms with Crippen LogP contribution in [0.2, 0.25) is 10.0 Å². The van der Waals surface area contributed by atoms with Gasteiger partial charge in [-0.25, -0.2) is 9.67 Å². The fourth-order valence-electron chi connectivity index (χ4n) is 2.37. The van der Waals surface area contributed by atoms with E-state index in [9.17, 15) is 4.79 Å². The predicted octanol–water partition coefficient (Wildman–Crippen LogP) is 4.23. The standard InChI is InChI=1S/C15H17Cl2N3O2/c1-3-4-14(20-9-18-8-19-20)15(22-10(2)21)12-6-5-11(16)7-13(12)17/h5-9,14-15H,3-4H2,1-2H3. The van der Waals surface area contributed by atoms with Gasteiger partial charge in [0, 0.05) is 22.5 Å². The van der Waals surface area contributed by atoms with Crippen molar-refractivity contribution in [3.63, 3.8) is 0 Å². The summed E-state index contributed by atoms with van der Waals surface area (Å²) in [6.45, 7) is 3.43. The third kappa shape index (κ3) is 3.99. The minimum absolute atomic E-state index is 0.185. The molecular weight excluding hydrogens is 325 g/mol. The van der Waals surface area contributed by atoms with Crippen LogP contribution in [-0.2, 0) is 9.53 Å². The molecule has 1 aromatic carbocycles. The van der Waals surface area contributed by atoms with E-state index < -0.39 is 6.10 Å². The van der Waals surface area contributed by atoms with Gasteiger partial charge in [-0.15, -0.1) is 0 Å². The number of hydrogen-bond acceptors (Lipinski definition) is 4. The molecule has 22 heavy (non-hydrogen) atoms. The SMILES string of the molecule is CCCC(C(OC(C)=O)c1ccc(Cl)cc1Cl)n1cncn1. The summed E-state index contributed by atoms with van der Waals surface area (Å²) in [6, 6.07) is 4.95. The Morgan fingerprint density at radius 3 is 2.73 bits per heavy atom. The summed E-state index contributed by atoms with van der Waals surface area (Å²) in [6.07, 6.45) is 4.18. The van der Waals surface area contributed by atoms with Gasteiger partial charge in [0.1, 0.15) is 12.7 Å². The molecule has 0 saturated carbocycles. The minimum atomic E-state index is -0.552. The zero-order valence-corrected chi connectivity index (χ0v) is 13.9. The van der Waals surface area contributed by atoms with E-state index in [1.54, 1.807) is 29.2 Å². The Bertz CT molecular complexity index is 632. The Morgan fingerprint density at radius 2 is 2.18 bits per heavy atom. The van der Waals surface area contributed by atoms with Crippen molar-refractivity contribution in [3.8, 4) is 0 Å². The van der Waals surface area contributed by atoms with Crippen LogP contribution in [-0.4, -0.2) is 20.7 Å². The highest BCUT2D eigenvalue weighted by atomic mass is 35.5. The quantitative estimate of drug-likeness (QED) is 0.737. The van der Waals surface area contributed by atoms with Crippen molar-refractivity contribution < 1.29 is 9.53 Å². The third-order valence-electron chi connectivity index (χ3n) is 3.27. The van der Waals surface area contributed by atoms with Crippen LogP contribution < -0.4 is 0 Å². The van der Waals surface area contributed by atoms with Crippen LogP contribution in [0.15, 0.2) is 30.9 Å². The van der Waals surface area contributed by atoms with Crippen LogP contribution >= 0.6 is 23.2 Å². The van der Waals surface area contributed by atoms with Crippen LogP contribution in [0.3, 0.4) is 0 Å². The van der Waals surface area contributed by atoms with E-state index in [4.69, 9.17) is 27.9 Å². The minimum Gasteiger partial charge on any atom is -0.455 e. The van der Waals surface area contributed by atoms with Gasteiger partial charge in [-0.05, 0) is 18.6 Å². The maximum atomic E-state index is 11.5. The lowest BCUT2D eigenvalue weighted by Gasteiger charge is -2.27. The number of aromatic nitrogens is 3. The number of benzene rings is 1. The largest absolute Gasteiger partial charge is 0.455 e. The topological polar surface area (TPSA) is 57.0 Å². The second-order valence-electron chi connectivity index (χ2n) is 4.93. The number of nitrogens with zero attached hydrogens (tertiary/aromatic N) is 3. The van der Waals surface area contributed by atoms with E-state index >= 15 is 0 Å². The first kappa shape index (κ1) is 16.8. The van der Waals surface area contributed by atoms with E-state index in [0.717, 1.165) is 12.8 Å². The molecule has 1 aromatic heterocycles. The molecule has 0 fully saturated rings. The number of ether oxygens (including phenoxy) is 1. The second-order valence-corrected chi connectivity index (χ2v) is 5.77. The average Bonchev–Trinajstić information content (AvgIpc) is 2.96. The molecular formula is C15H17Cl2N3O2. The molecule has 5 nitrogen and oxygen atoms in total. The molecule has 0 aliphatic heterocycles. The second kappa shape index (κ2) is 7.61. The first-order valence-electron chi connectivity index (χ1n) is 6.99. The highest BCUT2D eigenvalue weighted by Crippen LogP contribution is 2.37. The predicted molar refractivity (Wildman–Crippen MR) is 84.9 cm³/mol. The summed E-state index contributed by atoms with van der Waals surface area (Å²) >= 11 is 12.2. The summed E-state index contributed by atoms with van der Waals surface area (Å²) in [4.78, 5) is 15.5. The van der Waals surface area contributed by atoms with Gasteiger partial charge in [-0.3, -0.25) is 4.79 Å². The molecule has 0 spiro atoms. The monoisotopic (exact) mass is 341 g/mol. The first-order chi connectivity index (χ1) is 10.5. The highest BCUT2D eigenvalue weighted by Gasteiger charge is 2.29. The van der Waals surface area contributed by atoms with Crippen molar-refractivity contribution in [2.75, 3.05) is 0 Å². The lowest BCUT2D eigenvalue weighted by atomic mass is 9.98. The lowest BCUT2D eigenvalue weighted by molar-refractivity contribution is -0.149. The molecule has 7 heteroatoms. The number of esters is 1. The molecule has 0 saturated heterocycles. The van der Waals surface area contributed by atoms with Crippen LogP contribution in [0.25, 0.3) is 0 Å². The molecule has 2 aromatic rings. The van der Waals surface area contributed by atoms with E-state index in [2.05, 4.69) is 17.0 Å². The molecule has 0 aliphatic carbocycles. The van der Waals surface area contributed by atoms with Crippen molar-refractivity contribution in [1.29, 1.82) is 0 Å². The van der Waals surface area contributed by atoms with Crippen molar-refractivity contribution in [2.45, 2.75) is 38.8 Å². The molecule has 0 radical (unpaired) electrons. The maximum absolute atomic E-state index is 11.5. The van der Waals surface area contributed by atoms with Gasteiger partial charge >= 0.3 is 5.97 Å². The van der Waals surface area contributed by atoms with Crippen molar-refractivity contribution in [2.24, 2.45) is 0 Å².